The molecule has 0 saturated carbocycles. The van der Waals surface area contributed by atoms with E-state index in [1.54, 1.807) is 42.5 Å². The van der Waals surface area contributed by atoms with E-state index >= 15 is 0 Å². The molecule has 0 bridgehead atoms. The summed E-state index contributed by atoms with van der Waals surface area (Å²) in [5, 5.41) is 12.9. The zero-order valence-electron chi connectivity index (χ0n) is 18.7. The molecule has 1 amide bonds. The molecule has 1 saturated heterocycles. The number of aromatic nitrogens is 2. The van der Waals surface area contributed by atoms with Crippen LogP contribution in [0.2, 0.25) is 0 Å². The van der Waals surface area contributed by atoms with Gasteiger partial charge in [0.15, 0.2) is 0 Å². The number of aliphatic hydroxyl groups is 1. The topological polar surface area (TPSA) is 129 Å². The number of amides is 1. The van der Waals surface area contributed by atoms with Crippen LogP contribution in [0, 0.1) is 0 Å². The van der Waals surface area contributed by atoms with Crippen LogP contribution in [-0.2, 0) is 9.47 Å². The van der Waals surface area contributed by atoms with Crippen molar-refractivity contribution in [2.75, 3.05) is 18.2 Å². The Morgan fingerprint density at radius 1 is 1.17 bits per heavy atom. The first-order chi connectivity index (χ1) is 16.9. The largest absolute Gasteiger partial charge is 0.513 e. The Kier molecular flexibility index (Phi) is 7.80. The summed E-state index contributed by atoms with van der Waals surface area (Å²) in [5.74, 6) is 0.0617. The van der Waals surface area contributed by atoms with Gasteiger partial charge in [-0.05, 0) is 36.6 Å². The predicted octanol–water partition coefficient (Wildman–Crippen LogP) is 3.08. The summed E-state index contributed by atoms with van der Waals surface area (Å²) in [6.45, 7) is -0.259. The van der Waals surface area contributed by atoms with Crippen LogP contribution < -0.4 is 15.7 Å². The molecule has 11 heteroatoms. The molecule has 1 aliphatic heterocycles. The number of anilines is 1. The highest BCUT2D eigenvalue weighted by Gasteiger charge is 2.36. The van der Waals surface area contributed by atoms with Gasteiger partial charge in [0.1, 0.15) is 30.5 Å². The number of para-hydroxylation sites is 1. The van der Waals surface area contributed by atoms with E-state index < -0.39 is 36.2 Å². The maximum atomic E-state index is 12.5. The molecular formula is C24H23N3O7S. The molecule has 2 N–H and O–H groups in total. The number of nitrogens with zero attached hydrogens (tertiary/aromatic N) is 2. The molecule has 10 nitrogen and oxygen atoms in total. The lowest BCUT2D eigenvalue weighted by atomic mass is 10.2. The molecule has 4 rings (SSSR count). The minimum Gasteiger partial charge on any atom is -0.431 e. The minimum atomic E-state index is -0.976. The molecular weight excluding hydrogens is 474 g/mol. The minimum absolute atomic E-state index is 0.0896. The first-order valence-electron chi connectivity index (χ1n) is 10.7. The van der Waals surface area contributed by atoms with Gasteiger partial charge in [0.2, 0.25) is 0 Å². The number of carbonyl (C=O) groups excluding carboxylic acids is 2. The quantitative estimate of drug-likeness (QED) is 0.287. The number of carbonyl (C=O) groups is 2. The lowest BCUT2D eigenvalue weighted by Gasteiger charge is -2.16. The Morgan fingerprint density at radius 2 is 1.91 bits per heavy atom. The van der Waals surface area contributed by atoms with Crippen molar-refractivity contribution in [2.45, 2.75) is 29.8 Å². The highest BCUT2D eigenvalue weighted by atomic mass is 32.2. The molecule has 182 valence electrons. The van der Waals surface area contributed by atoms with Crippen LogP contribution in [0.4, 0.5) is 10.6 Å². The van der Waals surface area contributed by atoms with Crippen LogP contribution in [0.15, 0.2) is 76.6 Å². The Hall–Kier alpha value is -3.67. The number of hydrogen-bond acceptors (Lipinski definition) is 9. The van der Waals surface area contributed by atoms with E-state index in [2.05, 4.69) is 10.3 Å². The average Bonchev–Trinajstić information content (AvgIpc) is 3.23. The van der Waals surface area contributed by atoms with Crippen molar-refractivity contribution in [3.63, 3.8) is 0 Å². The van der Waals surface area contributed by atoms with Gasteiger partial charge in [0.05, 0.1) is 11.0 Å². The van der Waals surface area contributed by atoms with Crippen LogP contribution in [0.25, 0.3) is 0 Å². The van der Waals surface area contributed by atoms with Gasteiger partial charge in [-0.2, -0.15) is 4.98 Å². The molecule has 0 aliphatic carbocycles. The second kappa shape index (κ2) is 11.2. The van der Waals surface area contributed by atoms with E-state index in [-0.39, 0.29) is 18.8 Å². The molecule has 2 aromatic carbocycles. The summed E-state index contributed by atoms with van der Waals surface area (Å²) in [6.07, 6.45) is -0.200. The SMILES string of the molecule is CSc1ccccc1OC(=O)OC[C@H]1O[C@@H](n2ccc(NC(=O)c3ccccc3)nc2=O)C[C@@H]1O. The van der Waals surface area contributed by atoms with Gasteiger partial charge in [0, 0.05) is 18.2 Å². The highest BCUT2D eigenvalue weighted by Crippen LogP contribution is 2.29. The fourth-order valence-corrected chi connectivity index (χ4v) is 4.01. The zero-order valence-corrected chi connectivity index (χ0v) is 19.5. The predicted molar refractivity (Wildman–Crippen MR) is 128 cm³/mol. The van der Waals surface area contributed by atoms with E-state index in [0.29, 0.717) is 11.3 Å². The van der Waals surface area contributed by atoms with Crippen molar-refractivity contribution in [1.29, 1.82) is 0 Å². The van der Waals surface area contributed by atoms with Gasteiger partial charge < -0.3 is 24.6 Å². The Bertz CT molecular complexity index is 1250. The number of rotatable bonds is 7. The first kappa shape index (κ1) is 24.5. The summed E-state index contributed by atoms with van der Waals surface area (Å²) in [7, 11) is 0. The lowest BCUT2D eigenvalue weighted by Crippen LogP contribution is -2.30. The monoisotopic (exact) mass is 497 g/mol. The number of nitrogens with one attached hydrogen (secondary N) is 1. The van der Waals surface area contributed by atoms with E-state index in [1.807, 2.05) is 18.4 Å². The van der Waals surface area contributed by atoms with Crippen molar-refractivity contribution in [2.24, 2.45) is 0 Å². The van der Waals surface area contributed by atoms with Crippen molar-refractivity contribution in [1.82, 2.24) is 9.55 Å². The zero-order chi connectivity index (χ0) is 24.8. The molecule has 3 aromatic rings. The van der Waals surface area contributed by atoms with Gasteiger partial charge in [-0.15, -0.1) is 11.8 Å². The Morgan fingerprint density at radius 3 is 2.66 bits per heavy atom. The molecule has 1 aromatic heterocycles. The maximum Gasteiger partial charge on any atom is 0.513 e. The third-order valence-electron chi connectivity index (χ3n) is 5.25. The van der Waals surface area contributed by atoms with Gasteiger partial charge in [0.25, 0.3) is 5.91 Å². The molecule has 35 heavy (non-hydrogen) atoms. The smallest absolute Gasteiger partial charge is 0.431 e. The third kappa shape index (κ3) is 6.07. The highest BCUT2D eigenvalue weighted by molar-refractivity contribution is 7.98. The summed E-state index contributed by atoms with van der Waals surface area (Å²) in [4.78, 5) is 41.5. The first-order valence-corrected chi connectivity index (χ1v) is 11.9. The summed E-state index contributed by atoms with van der Waals surface area (Å²) in [5.41, 5.74) is -0.234. The maximum absolute atomic E-state index is 12.5. The van der Waals surface area contributed by atoms with Crippen LogP contribution in [0.5, 0.6) is 5.75 Å². The summed E-state index contributed by atoms with van der Waals surface area (Å²) in [6, 6.07) is 17.0. The second-order valence-electron chi connectivity index (χ2n) is 7.57. The van der Waals surface area contributed by atoms with Crippen LogP contribution >= 0.6 is 11.8 Å². The fraction of sp³-hybridized carbons (Fsp3) is 0.250. The third-order valence-corrected chi connectivity index (χ3v) is 6.03. The summed E-state index contributed by atoms with van der Waals surface area (Å²) < 4.78 is 17.3. The lowest BCUT2D eigenvalue weighted by molar-refractivity contribution is -0.0537. The average molecular weight is 498 g/mol. The standard InChI is InChI=1S/C24H23N3O7S/c1-35-19-10-6-5-9-17(19)34-24(31)32-14-18-16(28)13-21(33-18)27-12-11-20(26-23(27)30)25-22(29)15-7-3-2-4-8-15/h2-12,16,18,21,28H,13-14H2,1H3,(H,25,26,29,30)/t16-,18+,21+/m0/s1. The van der Waals surface area contributed by atoms with E-state index in [1.165, 1.54) is 28.6 Å². The number of ether oxygens (including phenoxy) is 3. The molecule has 1 aliphatic rings. The van der Waals surface area contributed by atoms with Crippen molar-refractivity contribution < 1.29 is 28.9 Å². The molecule has 3 atom stereocenters. The Balaban J connectivity index is 1.33. The van der Waals surface area contributed by atoms with Gasteiger partial charge in [-0.1, -0.05) is 30.3 Å². The molecule has 2 heterocycles. The number of thioether (sulfide) groups is 1. The van der Waals surface area contributed by atoms with Crippen LogP contribution in [-0.4, -0.2) is 51.8 Å². The van der Waals surface area contributed by atoms with Crippen LogP contribution in [0.1, 0.15) is 23.0 Å². The van der Waals surface area contributed by atoms with Crippen molar-refractivity contribution in [3.8, 4) is 5.75 Å². The number of hydrogen-bond donors (Lipinski definition) is 2. The molecule has 1 fully saturated rings. The van der Waals surface area contributed by atoms with Gasteiger partial charge in [-0.3, -0.25) is 9.36 Å². The summed E-state index contributed by atoms with van der Waals surface area (Å²) >= 11 is 1.42. The van der Waals surface area contributed by atoms with Crippen LogP contribution in [0.3, 0.4) is 0 Å². The van der Waals surface area contributed by atoms with Crippen molar-refractivity contribution in [3.05, 3.63) is 82.9 Å². The second-order valence-corrected chi connectivity index (χ2v) is 8.42. The number of aliphatic hydroxyl groups excluding tert-OH is 1. The fourth-order valence-electron chi connectivity index (χ4n) is 3.49. The molecule has 0 unspecified atom stereocenters. The van der Waals surface area contributed by atoms with E-state index in [0.717, 1.165) is 4.90 Å². The molecule has 0 radical (unpaired) electrons. The van der Waals surface area contributed by atoms with Gasteiger partial charge >= 0.3 is 11.8 Å². The molecule has 0 spiro atoms. The van der Waals surface area contributed by atoms with E-state index in [9.17, 15) is 19.5 Å². The van der Waals surface area contributed by atoms with E-state index in [4.69, 9.17) is 14.2 Å². The van der Waals surface area contributed by atoms with Crippen molar-refractivity contribution >= 4 is 29.6 Å². The van der Waals surface area contributed by atoms with Gasteiger partial charge in [-0.25, -0.2) is 9.59 Å². The number of benzene rings is 2. The Labute approximate surface area is 204 Å². The normalized spacial score (nSPS) is 19.2.